The predicted octanol–water partition coefficient (Wildman–Crippen LogP) is 3.17. The maximum atomic E-state index is 13.3. The molecule has 1 heterocycles. The quantitative estimate of drug-likeness (QED) is 0.599. The highest BCUT2D eigenvalue weighted by Gasteiger charge is 2.21. The van der Waals surface area contributed by atoms with Crippen LogP contribution in [-0.2, 0) is 16.0 Å². The highest BCUT2D eigenvalue weighted by Crippen LogP contribution is 2.14. The van der Waals surface area contributed by atoms with Gasteiger partial charge in [-0.3, -0.25) is 14.9 Å². The highest BCUT2D eigenvalue weighted by atomic mass is 19.1. The van der Waals surface area contributed by atoms with Gasteiger partial charge in [0.05, 0.1) is 17.5 Å². The number of carbonyl (C=O) groups is 2. The molecule has 140 valence electrons. The first-order chi connectivity index (χ1) is 13.0. The van der Waals surface area contributed by atoms with E-state index in [2.05, 4.69) is 20.6 Å². The minimum absolute atomic E-state index is 0.00981. The molecule has 0 aliphatic carbocycles. The molecule has 2 aromatic carbocycles. The minimum Gasteiger partial charge on any atom is -0.344 e. The zero-order valence-corrected chi connectivity index (χ0v) is 15.0. The first-order valence-electron chi connectivity index (χ1n) is 8.84. The van der Waals surface area contributed by atoms with Gasteiger partial charge in [-0.15, -0.1) is 0 Å². The van der Waals surface area contributed by atoms with Crippen molar-refractivity contribution < 1.29 is 14.0 Å². The summed E-state index contributed by atoms with van der Waals surface area (Å²) in [6.07, 6.45) is 1.22. The number of benzene rings is 2. The first-order valence-corrected chi connectivity index (χ1v) is 8.84. The number of nitrogens with zero attached hydrogens (tertiary/aromatic N) is 1. The zero-order valence-electron chi connectivity index (χ0n) is 15.0. The van der Waals surface area contributed by atoms with E-state index in [-0.39, 0.29) is 18.2 Å². The number of nitrogens with one attached hydrogen (secondary N) is 3. The number of carbonyl (C=O) groups excluding carboxylic acids is 2. The summed E-state index contributed by atoms with van der Waals surface area (Å²) in [5.41, 5.74) is 2.12. The average molecular weight is 368 g/mol. The lowest BCUT2D eigenvalue weighted by atomic mass is 10.1. The zero-order chi connectivity index (χ0) is 19.2. The average Bonchev–Trinajstić information content (AvgIpc) is 3.03. The third-order valence-corrected chi connectivity index (χ3v) is 4.11. The fourth-order valence-corrected chi connectivity index (χ4v) is 2.85. The summed E-state index contributed by atoms with van der Waals surface area (Å²) in [6, 6.07) is 12.6. The van der Waals surface area contributed by atoms with Gasteiger partial charge in [0.2, 0.25) is 17.8 Å². The molecule has 1 aromatic heterocycles. The Balaban J connectivity index is 1.64. The summed E-state index contributed by atoms with van der Waals surface area (Å²) < 4.78 is 13.3. The van der Waals surface area contributed by atoms with Crippen LogP contribution in [0, 0.1) is 5.82 Å². The molecule has 0 fully saturated rings. The molecule has 7 heteroatoms. The van der Waals surface area contributed by atoms with E-state index >= 15 is 0 Å². The van der Waals surface area contributed by atoms with Crippen LogP contribution in [0.3, 0.4) is 0 Å². The molecular formula is C20H21FN4O2. The Hall–Kier alpha value is -3.22. The second-order valence-electron chi connectivity index (χ2n) is 6.31. The van der Waals surface area contributed by atoms with E-state index in [1.54, 1.807) is 12.1 Å². The number of anilines is 1. The van der Waals surface area contributed by atoms with Crippen molar-refractivity contribution in [3.05, 3.63) is 59.9 Å². The van der Waals surface area contributed by atoms with E-state index in [1.807, 2.05) is 31.2 Å². The van der Waals surface area contributed by atoms with E-state index in [9.17, 15) is 14.0 Å². The Bertz CT molecular complexity index is 921. The molecule has 2 amide bonds. The Labute approximate surface area is 156 Å². The molecule has 0 radical (unpaired) electrons. The Kier molecular flexibility index (Phi) is 5.80. The number of H-pyrrole nitrogens is 1. The monoisotopic (exact) mass is 368 g/mol. The van der Waals surface area contributed by atoms with Crippen molar-refractivity contribution in [3.8, 4) is 0 Å². The SMILES string of the molecule is CCCC(NC(=O)Cc1cccc(F)c1)C(=O)Nc1nc2ccccc2[nH]1. The predicted molar refractivity (Wildman–Crippen MR) is 102 cm³/mol. The Morgan fingerprint density at radius 3 is 2.74 bits per heavy atom. The number of hydrogen-bond acceptors (Lipinski definition) is 3. The number of rotatable bonds is 7. The molecule has 0 bridgehead atoms. The number of fused-ring (bicyclic) bond motifs is 1. The third-order valence-electron chi connectivity index (χ3n) is 4.11. The van der Waals surface area contributed by atoms with Crippen LogP contribution in [0.4, 0.5) is 10.3 Å². The topological polar surface area (TPSA) is 86.9 Å². The summed E-state index contributed by atoms with van der Waals surface area (Å²) in [7, 11) is 0. The summed E-state index contributed by atoms with van der Waals surface area (Å²) in [4.78, 5) is 32.2. The van der Waals surface area contributed by atoms with E-state index in [1.165, 1.54) is 12.1 Å². The molecule has 0 saturated heterocycles. The van der Waals surface area contributed by atoms with Crippen LogP contribution in [-0.4, -0.2) is 27.8 Å². The Morgan fingerprint density at radius 2 is 2.00 bits per heavy atom. The van der Waals surface area contributed by atoms with Gasteiger partial charge in [-0.25, -0.2) is 9.37 Å². The fraction of sp³-hybridized carbons (Fsp3) is 0.250. The van der Waals surface area contributed by atoms with Crippen LogP contribution in [0.1, 0.15) is 25.3 Å². The van der Waals surface area contributed by atoms with Crippen LogP contribution < -0.4 is 10.6 Å². The van der Waals surface area contributed by atoms with Crippen LogP contribution in [0.5, 0.6) is 0 Å². The number of aromatic nitrogens is 2. The number of para-hydroxylation sites is 2. The number of halogens is 1. The maximum absolute atomic E-state index is 13.3. The maximum Gasteiger partial charge on any atom is 0.249 e. The van der Waals surface area contributed by atoms with Gasteiger partial charge in [-0.1, -0.05) is 37.6 Å². The van der Waals surface area contributed by atoms with Crippen LogP contribution in [0.15, 0.2) is 48.5 Å². The molecule has 3 aromatic rings. The summed E-state index contributed by atoms with van der Waals surface area (Å²) in [5, 5.41) is 5.44. The van der Waals surface area contributed by atoms with Crippen molar-refractivity contribution in [2.75, 3.05) is 5.32 Å². The molecular weight excluding hydrogens is 347 g/mol. The molecule has 0 aliphatic heterocycles. The van der Waals surface area contributed by atoms with E-state index in [4.69, 9.17) is 0 Å². The van der Waals surface area contributed by atoms with Gasteiger partial charge >= 0.3 is 0 Å². The van der Waals surface area contributed by atoms with Crippen molar-refractivity contribution >= 4 is 28.8 Å². The molecule has 1 unspecified atom stereocenters. The smallest absolute Gasteiger partial charge is 0.249 e. The van der Waals surface area contributed by atoms with Crippen LogP contribution in [0.2, 0.25) is 0 Å². The molecule has 27 heavy (non-hydrogen) atoms. The standard InChI is InChI=1S/C20H21FN4O2/c1-2-6-17(22-18(26)12-13-7-5-8-14(21)11-13)19(27)25-20-23-15-9-3-4-10-16(15)24-20/h3-5,7-11,17H,2,6,12H2,1H3,(H,22,26)(H2,23,24,25,27). The largest absolute Gasteiger partial charge is 0.344 e. The number of amides is 2. The Morgan fingerprint density at radius 1 is 1.19 bits per heavy atom. The van der Waals surface area contributed by atoms with Crippen LogP contribution >= 0.6 is 0 Å². The molecule has 1 atom stereocenters. The van der Waals surface area contributed by atoms with Gasteiger partial charge in [0, 0.05) is 0 Å². The number of imidazole rings is 1. The third kappa shape index (κ3) is 4.91. The van der Waals surface area contributed by atoms with Gasteiger partial charge in [-0.05, 0) is 36.2 Å². The number of aromatic amines is 1. The van der Waals surface area contributed by atoms with Crippen LogP contribution in [0.25, 0.3) is 11.0 Å². The lowest BCUT2D eigenvalue weighted by Gasteiger charge is -2.17. The van der Waals surface area contributed by atoms with Crippen molar-refractivity contribution in [3.63, 3.8) is 0 Å². The van der Waals surface area contributed by atoms with Crippen molar-refractivity contribution in [1.82, 2.24) is 15.3 Å². The normalized spacial score (nSPS) is 11.9. The second kappa shape index (κ2) is 8.44. The highest BCUT2D eigenvalue weighted by molar-refractivity contribution is 5.97. The summed E-state index contributed by atoms with van der Waals surface area (Å²) >= 11 is 0. The van der Waals surface area contributed by atoms with Gasteiger partial charge < -0.3 is 10.3 Å². The molecule has 3 N–H and O–H groups in total. The first kappa shape index (κ1) is 18.6. The molecule has 0 spiro atoms. The lowest BCUT2D eigenvalue weighted by molar-refractivity contribution is -0.126. The number of hydrogen-bond donors (Lipinski definition) is 3. The minimum atomic E-state index is -0.690. The molecule has 0 aliphatic rings. The van der Waals surface area contributed by atoms with Gasteiger partial charge in [0.1, 0.15) is 11.9 Å². The van der Waals surface area contributed by atoms with Crippen molar-refractivity contribution in [1.29, 1.82) is 0 Å². The molecule has 0 saturated carbocycles. The van der Waals surface area contributed by atoms with E-state index in [0.29, 0.717) is 17.9 Å². The fourth-order valence-electron chi connectivity index (χ4n) is 2.85. The van der Waals surface area contributed by atoms with E-state index in [0.717, 1.165) is 17.5 Å². The van der Waals surface area contributed by atoms with E-state index < -0.39 is 11.9 Å². The van der Waals surface area contributed by atoms with Gasteiger partial charge in [-0.2, -0.15) is 0 Å². The summed E-state index contributed by atoms with van der Waals surface area (Å²) in [5.74, 6) is -0.739. The molecule has 6 nitrogen and oxygen atoms in total. The lowest BCUT2D eigenvalue weighted by Crippen LogP contribution is -2.44. The molecule has 3 rings (SSSR count). The summed E-state index contributed by atoms with van der Waals surface area (Å²) in [6.45, 7) is 1.93. The van der Waals surface area contributed by atoms with Gasteiger partial charge in [0.25, 0.3) is 0 Å². The second-order valence-corrected chi connectivity index (χ2v) is 6.31. The van der Waals surface area contributed by atoms with Crippen molar-refractivity contribution in [2.45, 2.75) is 32.2 Å². The van der Waals surface area contributed by atoms with Gasteiger partial charge in [0.15, 0.2) is 0 Å². The van der Waals surface area contributed by atoms with Crippen molar-refractivity contribution in [2.24, 2.45) is 0 Å².